The third-order valence-corrected chi connectivity index (χ3v) is 7.60. The Balaban J connectivity index is 1.45. The number of carbonyl (C=O) groups is 1. The number of nitrogens with one attached hydrogen (secondary N) is 1. The zero-order valence-corrected chi connectivity index (χ0v) is 20.9. The molecule has 2 aromatic heterocycles. The van der Waals surface area contributed by atoms with Crippen molar-refractivity contribution in [3.63, 3.8) is 0 Å². The summed E-state index contributed by atoms with van der Waals surface area (Å²) in [6.07, 6.45) is 4.59. The fourth-order valence-electron chi connectivity index (χ4n) is 5.11. The number of aromatic nitrogens is 3. The van der Waals surface area contributed by atoms with Gasteiger partial charge in [0.15, 0.2) is 11.3 Å². The smallest absolute Gasteiger partial charge is 0.230 e. The van der Waals surface area contributed by atoms with E-state index < -0.39 is 11.3 Å². The molecule has 3 aromatic rings. The van der Waals surface area contributed by atoms with E-state index in [-0.39, 0.29) is 24.9 Å². The Morgan fingerprint density at radius 2 is 1.89 bits per heavy atom. The van der Waals surface area contributed by atoms with Crippen LogP contribution < -0.4 is 5.32 Å². The van der Waals surface area contributed by atoms with Crippen LogP contribution in [0.3, 0.4) is 0 Å². The van der Waals surface area contributed by atoms with Crippen LogP contribution in [-0.2, 0) is 10.4 Å². The fraction of sp³-hybridized carbons (Fsp3) is 0.481. The molecule has 2 N–H and O–H groups in total. The van der Waals surface area contributed by atoms with Crippen LogP contribution in [0.15, 0.2) is 47.2 Å². The molecule has 1 aromatic carbocycles. The van der Waals surface area contributed by atoms with Crippen LogP contribution in [0, 0.1) is 0 Å². The number of pyridine rings is 1. The van der Waals surface area contributed by atoms with Crippen LogP contribution in [0.25, 0.3) is 11.4 Å². The van der Waals surface area contributed by atoms with Gasteiger partial charge in [-0.05, 0) is 36.0 Å². The molecule has 190 valence electrons. The van der Waals surface area contributed by atoms with E-state index in [0.29, 0.717) is 47.4 Å². The highest BCUT2D eigenvalue weighted by atomic mass is 19.1. The Labute approximate surface area is 209 Å². The highest BCUT2D eigenvalue weighted by Crippen LogP contribution is 2.45. The van der Waals surface area contributed by atoms with Gasteiger partial charge in [-0.2, -0.15) is 4.98 Å². The van der Waals surface area contributed by atoms with Gasteiger partial charge in [-0.3, -0.25) is 9.78 Å². The fourth-order valence-corrected chi connectivity index (χ4v) is 5.11. The summed E-state index contributed by atoms with van der Waals surface area (Å²) in [4.78, 5) is 22.3. The van der Waals surface area contributed by atoms with Gasteiger partial charge < -0.3 is 19.8 Å². The van der Waals surface area contributed by atoms with Crippen molar-refractivity contribution in [2.24, 2.45) is 0 Å². The van der Waals surface area contributed by atoms with E-state index in [2.05, 4.69) is 34.3 Å². The Kier molecular flexibility index (Phi) is 6.38. The number of likely N-dealkylation sites (tertiary alicyclic amines) is 1. The van der Waals surface area contributed by atoms with Crippen LogP contribution >= 0.6 is 0 Å². The first-order chi connectivity index (χ1) is 17.2. The lowest BCUT2D eigenvalue weighted by atomic mass is 9.71. The highest BCUT2D eigenvalue weighted by molar-refractivity contribution is 5.73. The number of aliphatic hydroxyl groups is 1. The molecule has 2 saturated heterocycles. The number of hydrogen-bond acceptors (Lipinski definition) is 7. The summed E-state index contributed by atoms with van der Waals surface area (Å²) in [5.41, 5.74) is -1.33. The van der Waals surface area contributed by atoms with E-state index in [1.807, 2.05) is 17.0 Å². The molecule has 2 fully saturated rings. The summed E-state index contributed by atoms with van der Waals surface area (Å²) in [7, 11) is 0. The summed E-state index contributed by atoms with van der Waals surface area (Å²) in [5.74, 6) is 1.32. The lowest BCUT2D eigenvalue weighted by Crippen LogP contribution is -2.68. The number of carbonyl (C=O) groups excluding carboxylic acids is 1. The molecule has 0 unspecified atom stereocenters. The molecule has 9 heteroatoms. The topological polar surface area (TPSA) is 104 Å². The van der Waals surface area contributed by atoms with Gasteiger partial charge in [0.1, 0.15) is 0 Å². The Morgan fingerprint density at radius 1 is 1.19 bits per heavy atom. The molecule has 2 aliphatic rings. The lowest BCUT2D eigenvalue weighted by molar-refractivity contribution is -0.129. The van der Waals surface area contributed by atoms with Crippen molar-refractivity contribution in [1.82, 2.24) is 25.3 Å². The molecular formula is C27H32FN5O3. The SMILES string of the molecule is CC(=O)N1CCC(c2nc(-c3cncc([C@@](O)(c4ccc(C(C)C)cc4)C4(F)CNC4)c3)no2)CC1. The Morgan fingerprint density at radius 3 is 2.47 bits per heavy atom. The molecule has 2 aliphatic heterocycles. The first-order valence-electron chi connectivity index (χ1n) is 12.5. The van der Waals surface area contributed by atoms with Crippen molar-refractivity contribution in [3.05, 3.63) is 65.3 Å². The number of hydrogen-bond donors (Lipinski definition) is 2. The molecule has 8 nitrogen and oxygen atoms in total. The Bertz CT molecular complexity index is 1230. The van der Waals surface area contributed by atoms with Crippen molar-refractivity contribution in [2.75, 3.05) is 26.2 Å². The average Bonchev–Trinajstić information content (AvgIpc) is 3.37. The van der Waals surface area contributed by atoms with Gasteiger partial charge in [0.2, 0.25) is 17.6 Å². The van der Waals surface area contributed by atoms with Gasteiger partial charge in [0.25, 0.3) is 0 Å². The predicted molar refractivity (Wildman–Crippen MR) is 132 cm³/mol. The van der Waals surface area contributed by atoms with Crippen molar-refractivity contribution < 1.29 is 18.8 Å². The van der Waals surface area contributed by atoms with Crippen LogP contribution in [0.5, 0.6) is 0 Å². The number of amides is 1. The molecule has 0 bridgehead atoms. The zero-order valence-electron chi connectivity index (χ0n) is 20.9. The van der Waals surface area contributed by atoms with Gasteiger partial charge in [-0.15, -0.1) is 0 Å². The molecule has 1 amide bonds. The van der Waals surface area contributed by atoms with E-state index in [9.17, 15) is 9.90 Å². The minimum absolute atomic E-state index is 0.0327. The van der Waals surface area contributed by atoms with E-state index >= 15 is 4.39 Å². The predicted octanol–water partition coefficient (Wildman–Crippen LogP) is 3.53. The van der Waals surface area contributed by atoms with Crippen molar-refractivity contribution in [3.8, 4) is 11.4 Å². The van der Waals surface area contributed by atoms with Crippen molar-refractivity contribution in [2.45, 2.75) is 56.7 Å². The summed E-state index contributed by atoms with van der Waals surface area (Å²) in [5, 5.41) is 19.1. The zero-order chi connectivity index (χ0) is 25.5. The van der Waals surface area contributed by atoms with Gasteiger partial charge in [0.05, 0.1) is 0 Å². The molecule has 5 rings (SSSR count). The summed E-state index contributed by atoms with van der Waals surface area (Å²) < 4.78 is 21.6. The molecule has 1 atom stereocenters. The molecule has 0 saturated carbocycles. The van der Waals surface area contributed by atoms with Gasteiger partial charge in [-0.25, -0.2) is 4.39 Å². The van der Waals surface area contributed by atoms with Crippen molar-refractivity contribution in [1.29, 1.82) is 0 Å². The standard InChI is InChI=1S/C27H32FN5O3/c1-17(2)19-4-6-22(7-5-19)27(35,26(28)15-30-16-26)23-12-21(13-29-14-23)24-31-25(36-32-24)20-8-10-33(11-9-20)18(3)34/h4-7,12-14,17,20,30,35H,8-11,15-16H2,1-3H3/t27-/m0/s1. The van der Waals surface area contributed by atoms with Gasteiger partial charge in [0, 0.05) is 62.5 Å². The van der Waals surface area contributed by atoms with Crippen LogP contribution in [0.2, 0.25) is 0 Å². The number of nitrogens with zero attached hydrogens (tertiary/aromatic N) is 4. The molecule has 0 aliphatic carbocycles. The number of alkyl halides is 1. The third kappa shape index (κ3) is 4.20. The van der Waals surface area contributed by atoms with Crippen LogP contribution in [0.4, 0.5) is 4.39 Å². The highest BCUT2D eigenvalue weighted by Gasteiger charge is 2.57. The van der Waals surface area contributed by atoms with Crippen molar-refractivity contribution >= 4 is 5.91 Å². The van der Waals surface area contributed by atoms with E-state index in [1.54, 1.807) is 31.3 Å². The molecule has 4 heterocycles. The maximum Gasteiger partial charge on any atom is 0.230 e. The number of benzene rings is 1. The molecule has 36 heavy (non-hydrogen) atoms. The van der Waals surface area contributed by atoms with Crippen LogP contribution in [-0.4, -0.2) is 62.9 Å². The van der Waals surface area contributed by atoms with Gasteiger partial charge >= 0.3 is 0 Å². The molecule has 0 radical (unpaired) electrons. The van der Waals surface area contributed by atoms with Gasteiger partial charge in [-0.1, -0.05) is 43.3 Å². The molecular weight excluding hydrogens is 461 g/mol. The minimum atomic E-state index is -1.90. The third-order valence-electron chi connectivity index (χ3n) is 7.60. The largest absolute Gasteiger partial charge is 0.377 e. The number of piperidine rings is 1. The normalized spacial score (nSPS) is 19.7. The second kappa shape index (κ2) is 9.37. The minimum Gasteiger partial charge on any atom is -0.377 e. The number of halogens is 1. The first kappa shape index (κ1) is 24.5. The summed E-state index contributed by atoms with van der Waals surface area (Å²) in [6, 6.07) is 9.14. The van der Waals surface area contributed by atoms with E-state index in [0.717, 1.165) is 18.4 Å². The number of rotatable bonds is 6. The molecule has 0 spiro atoms. The maximum absolute atomic E-state index is 16.0. The quantitative estimate of drug-likeness (QED) is 0.541. The van der Waals surface area contributed by atoms with E-state index in [4.69, 9.17) is 4.52 Å². The monoisotopic (exact) mass is 493 g/mol. The Hall–Kier alpha value is -3.17. The second-order valence-electron chi connectivity index (χ2n) is 10.3. The average molecular weight is 494 g/mol. The second-order valence-corrected chi connectivity index (χ2v) is 10.3. The first-order valence-corrected chi connectivity index (χ1v) is 12.5. The lowest BCUT2D eigenvalue weighted by Gasteiger charge is -2.48. The van der Waals surface area contributed by atoms with E-state index in [1.165, 1.54) is 6.20 Å². The maximum atomic E-state index is 16.0. The summed E-state index contributed by atoms with van der Waals surface area (Å²) >= 11 is 0. The van der Waals surface area contributed by atoms with Crippen LogP contribution in [0.1, 0.15) is 68.0 Å². The summed E-state index contributed by atoms with van der Waals surface area (Å²) in [6.45, 7) is 7.13.